The lowest BCUT2D eigenvalue weighted by atomic mass is 10.1. The summed E-state index contributed by atoms with van der Waals surface area (Å²) in [6.07, 6.45) is -0.962. The summed E-state index contributed by atoms with van der Waals surface area (Å²) in [6, 6.07) is 4.27. The molecule has 146 valence electrons. The highest BCUT2D eigenvalue weighted by Gasteiger charge is 2.35. The van der Waals surface area contributed by atoms with Crippen molar-refractivity contribution < 1.29 is 23.8 Å². The molecule has 1 fully saturated rings. The molecule has 0 unspecified atom stereocenters. The maximum atomic E-state index is 12.8. The van der Waals surface area contributed by atoms with Gasteiger partial charge in [-0.1, -0.05) is 0 Å². The number of thiazole rings is 1. The molecule has 3 aromatic rings. The number of amides is 2. The van der Waals surface area contributed by atoms with E-state index in [1.807, 2.05) is 6.92 Å². The standard InChI is InChI=1S/C19H19N3O5S/c1-9-15(28-8-21-9)7-26-11-3-4-14-12(5-11)16(10(2)27-14)18(24)22-17-13(23)6-20-19(17)25/h3-5,8,13,17,23H,6-7H2,1-2H3,(H,20,25)(H,22,24)/t13-,17+/m1/s1. The van der Waals surface area contributed by atoms with E-state index in [0.717, 1.165) is 10.6 Å². The Kier molecular flexibility index (Phi) is 4.78. The Hall–Kier alpha value is -2.91. The Labute approximate surface area is 164 Å². The van der Waals surface area contributed by atoms with Gasteiger partial charge in [-0.25, -0.2) is 4.98 Å². The second kappa shape index (κ2) is 7.25. The first-order valence-electron chi connectivity index (χ1n) is 8.75. The van der Waals surface area contributed by atoms with Crippen molar-refractivity contribution in [3.63, 3.8) is 0 Å². The van der Waals surface area contributed by atoms with E-state index < -0.39 is 24.0 Å². The number of ether oxygens (including phenoxy) is 1. The molecule has 4 rings (SSSR count). The van der Waals surface area contributed by atoms with Crippen molar-refractivity contribution in [3.05, 3.63) is 45.6 Å². The van der Waals surface area contributed by atoms with Crippen LogP contribution < -0.4 is 15.4 Å². The van der Waals surface area contributed by atoms with E-state index in [0.29, 0.717) is 34.6 Å². The van der Waals surface area contributed by atoms with Crippen LogP contribution >= 0.6 is 11.3 Å². The maximum Gasteiger partial charge on any atom is 0.256 e. The van der Waals surface area contributed by atoms with Crippen molar-refractivity contribution in [2.24, 2.45) is 0 Å². The van der Waals surface area contributed by atoms with Gasteiger partial charge in [0, 0.05) is 11.9 Å². The number of aromatic nitrogens is 1. The van der Waals surface area contributed by atoms with E-state index in [1.54, 1.807) is 30.6 Å². The van der Waals surface area contributed by atoms with Gasteiger partial charge in [-0.3, -0.25) is 9.59 Å². The molecule has 2 aromatic heterocycles. The first kappa shape index (κ1) is 18.5. The first-order chi connectivity index (χ1) is 13.4. The largest absolute Gasteiger partial charge is 0.488 e. The van der Waals surface area contributed by atoms with Crippen molar-refractivity contribution >= 4 is 34.1 Å². The number of β-amino-alcohol motifs (C(OH)–C–C–N with tert-alkyl or cyclic N) is 1. The minimum absolute atomic E-state index is 0.115. The fourth-order valence-corrected chi connectivity index (χ4v) is 3.86. The number of fused-ring (bicyclic) bond motifs is 1. The zero-order valence-corrected chi connectivity index (χ0v) is 16.1. The van der Waals surface area contributed by atoms with Crippen molar-refractivity contribution in [2.45, 2.75) is 32.6 Å². The average Bonchev–Trinajstić information content (AvgIpc) is 3.32. The molecule has 0 saturated carbocycles. The molecule has 0 aliphatic carbocycles. The smallest absolute Gasteiger partial charge is 0.256 e. The quantitative estimate of drug-likeness (QED) is 0.599. The number of aliphatic hydroxyl groups excluding tert-OH is 1. The van der Waals surface area contributed by atoms with Crippen molar-refractivity contribution in [1.82, 2.24) is 15.6 Å². The van der Waals surface area contributed by atoms with Gasteiger partial charge in [0.15, 0.2) is 0 Å². The number of carbonyl (C=O) groups is 2. The van der Waals surface area contributed by atoms with Gasteiger partial charge in [0.2, 0.25) is 5.91 Å². The van der Waals surface area contributed by atoms with E-state index in [9.17, 15) is 14.7 Å². The number of furan rings is 1. The molecule has 3 N–H and O–H groups in total. The molecule has 9 heteroatoms. The second-order valence-corrected chi connectivity index (χ2v) is 7.54. The van der Waals surface area contributed by atoms with Crippen molar-refractivity contribution in [2.75, 3.05) is 6.54 Å². The minimum atomic E-state index is -0.981. The number of nitrogens with zero attached hydrogens (tertiary/aromatic N) is 1. The van der Waals surface area contributed by atoms with E-state index in [-0.39, 0.29) is 6.54 Å². The van der Waals surface area contributed by atoms with E-state index in [1.165, 1.54) is 11.3 Å². The summed E-state index contributed by atoms with van der Waals surface area (Å²) < 4.78 is 11.5. The van der Waals surface area contributed by atoms with Crippen LogP contribution in [-0.2, 0) is 11.4 Å². The van der Waals surface area contributed by atoms with E-state index in [2.05, 4.69) is 15.6 Å². The molecule has 2 atom stereocenters. The zero-order valence-electron chi connectivity index (χ0n) is 15.3. The predicted octanol–water partition coefficient (Wildman–Crippen LogP) is 1.67. The molecule has 0 radical (unpaired) electrons. The van der Waals surface area contributed by atoms with Crippen LogP contribution in [0.4, 0.5) is 0 Å². The predicted molar refractivity (Wildman–Crippen MR) is 102 cm³/mol. The number of hydrogen-bond acceptors (Lipinski definition) is 7. The van der Waals surface area contributed by atoms with Gasteiger partial charge in [0.25, 0.3) is 5.91 Å². The number of rotatable bonds is 5. The normalized spacial score (nSPS) is 19.0. The summed E-state index contributed by atoms with van der Waals surface area (Å²) in [5.41, 5.74) is 3.56. The molecule has 3 heterocycles. The lowest BCUT2D eigenvalue weighted by Crippen LogP contribution is -2.45. The Bertz CT molecular complexity index is 1060. The van der Waals surface area contributed by atoms with Gasteiger partial charge >= 0.3 is 0 Å². The highest BCUT2D eigenvalue weighted by Crippen LogP contribution is 2.30. The fourth-order valence-electron chi connectivity index (χ4n) is 3.17. The van der Waals surface area contributed by atoms with Gasteiger partial charge in [0.1, 0.15) is 35.8 Å². The average molecular weight is 401 g/mol. The Morgan fingerprint density at radius 1 is 1.46 bits per heavy atom. The van der Waals surface area contributed by atoms with Crippen LogP contribution in [0.3, 0.4) is 0 Å². The van der Waals surface area contributed by atoms with E-state index >= 15 is 0 Å². The summed E-state index contributed by atoms with van der Waals surface area (Å²) in [7, 11) is 0. The van der Waals surface area contributed by atoms with Crippen LogP contribution in [-0.4, -0.2) is 40.6 Å². The lowest BCUT2D eigenvalue weighted by Gasteiger charge is -2.13. The molecule has 1 aromatic carbocycles. The molecule has 0 bridgehead atoms. The van der Waals surface area contributed by atoms with Crippen LogP contribution in [0.25, 0.3) is 11.0 Å². The fraction of sp³-hybridized carbons (Fsp3) is 0.316. The van der Waals surface area contributed by atoms with Crippen LogP contribution in [0.2, 0.25) is 0 Å². The van der Waals surface area contributed by atoms with Gasteiger partial charge < -0.3 is 24.9 Å². The second-order valence-electron chi connectivity index (χ2n) is 6.60. The van der Waals surface area contributed by atoms with Crippen LogP contribution in [0.5, 0.6) is 5.75 Å². The number of carbonyl (C=O) groups excluding carboxylic acids is 2. The maximum absolute atomic E-state index is 12.8. The molecule has 1 aliphatic rings. The van der Waals surface area contributed by atoms with Crippen LogP contribution in [0, 0.1) is 13.8 Å². The number of aliphatic hydroxyl groups is 1. The van der Waals surface area contributed by atoms with Gasteiger partial charge in [0.05, 0.1) is 21.6 Å². The van der Waals surface area contributed by atoms with Crippen molar-refractivity contribution in [1.29, 1.82) is 0 Å². The molecule has 28 heavy (non-hydrogen) atoms. The Morgan fingerprint density at radius 2 is 2.29 bits per heavy atom. The molecule has 2 amide bonds. The summed E-state index contributed by atoms with van der Waals surface area (Å²) in [5, 5.41) is 15.6. The summed E-state index contributed by atoms with van der Waals surface area (Å²) >= 11 is 1.52. The Balaban J connectivity index is 1.59. The van der Waals surface area contributed by atoms with Gasteiger partial charge in [-0.2, -0.15) is 0 Å². The topological polar surface area (TPSA) is 114 Å². The summed E-state index contributed by atoms with van der Waals surface area (Å²) in [6.45, 7) is 4.10. The molecular formula is C19H19N3O5S. The molecular weight excluding hydrogens is 382 g/mol. The number of nitrogens with one attached hydrogen (secondary N) is 2. The molecule has 8 nitrogen and oxygen atoms in total. The van der Waals surface area contributed by atoms with E-state index in [4.69, 9.17) is 9.15 Å². The minimum Gasteiger partial charge on any atom is -0.488 e. The van der Waals surface area contributed by atoms with Crippen molar-refractivity contribution in [3.8, 4) is 5.75 Å². The summed E-state index contributed by atoms with van der Waals surface area (Å²) in [4.78, 5) is 29.8. The third-order valence-electron chi connectivity index (χ3n) is 4.72. The SMILES string of the molecule is Cc1ncsc1COc1ccc2oc(C)c(C(=O)N[C@@H]3C(=O)NC[C@H]3O)c2c1. The number of benzene rings is 1. The molecule has 1 aliphatic heterocycles. The van der Waals surface area contributed by atoms with Crippen LogP contribution in [0.15, 0.2) is 28.1 Å². The van der Waals surface area contributed by atoms with Gasteiger partial charge in [-0.05, 0) is 32.0 Å². The molecule has 0 spiro atoms. The Morgan fingerprint density at radius 3 is 2.96 bits per heavy atom. The monoisotopic (exact) mass is 401 g/mol. The number of hydrogen-bond donors (Lipinski definition) is 3. The lowest BCUT2D eigenvalue weighted by molar-refractivity contribution is -0.121. The third-order valence-corrected chi connectivity index (χ3v) is 5.63. The summed E-state index contributed by atoms with van der Waals surface area (Å²) in [5.74, 6) is 0.132. The van der Waals surface area contributed by atoms with Crippen LogP contribution in [0.1, 0.15) is 26.7 Å². The first-order valence-corrected chi connectivity index (χ1v) is 9.63. The third kappa shape index (κ3) is 3.34. The van der Waals surface area contributed by atoms with Gasteiger partial charge in [-0.15, -0.1) is 11.3 Å². The molecule has 1 saturated heterocycles. The highest BCUT2D eigenvalue weighted by molar-refractivity contribution is 7.09. The zero-order chi connectivity index (χ0) is 19.8. The number of aryl methyl sites for hydroxylation is 2. The highest BCUT2D eigenvalue weighted by atomic mass is 32.1.